The molecule has 0 bridgehead atoms. The SMILES string of the molecule is COOC1(C)CCC2C3C(OC(ON=Cc4ccccc4)[C@H](C)C3CC[C@H]2C)O1. The molecule has 0 amide bonds. The van der Waals surface area contributed by atoms with Crippen LogP contribution in [0, 0.1) is 29.6 Å². The lowest BCUT2D eigenvalue weighted by Gasteiger charge is -2.51. The molecule has 3 fully saturated rings. The van der Waals surface area contributed by atoms with Crippen LogP contribution < -0.4 is 0 Å². The van der Waals surface area contributed by atoms with Crippen molar-refractivity contribution in [2.45, 2.75) is 64.8 Å². The summed E-state index contributed by atoms with van der Waals surface area (Å²) in [5.74, 6) is 1.45. The lowest BCUT2D eigenvalue weighted by molar-refractivity contribution is -0.452. The number of rotatable bonds is 5. The maximum Gasteiger partial charge on any atom is 0.231 e. The van der Waals surface area contributed by atoms with E-state index >= 15 is 0 Å². The first kappa shape index (κ1) is 20.8. The van der Waals surface area contributed by atoms with E-state index in [9.17, 15) is 0 Å². The van der Waals surface area contributed by atoms with E-state index in [4.69, 9.17) is 24.1 Å². The van der Waals surface area contributed by atoms with E-state index in [1.54, 1.807) is 6.21 Å². The second-order valence-corrected chi connectivity index (χ2v) is 8.98. The number of ether oxygens (including phenoxy) is 2. The summed E-state index contributed by atoms with van der Waals surface area (Å²) in [6.07, 6.45) is 5.11. The van der Waals surface area contributed by atoms with Gasteiger partial charge >= 0.3 is 0 Å². The Bertz CT molecular complexity index is 698. The maximum absolute atomic E-state index is 6.37. The summed E-state index contributed by atoms with van der Waals surface area (Å²) >= 11 is 0. The first-order chi connectivity index (χ1) is 14.0. The van der Waals surface area contributed by atoms with Gasteiger partial charge in [-0.3, -0.25) is 0 Å². The summed E-state index contributed by atoms with van der Waals surface area (Å²) in [5, 5.41) is 4.21. The second kappa shape index (κ2) is 8.72. The van der Waals surface area contributed by atoms with Crippen LogP contribution in [-0.4, -0.2) is 31.7 Å². The van der Waals surface area contributed by atoms with Crippen LogP contribution in [0.2, 0.25) is 0 Å². The smallest absolute Gasteiger partial charge is 0.231 e. The highest BCUT2D eigenvalue weighted by molar-refractivity contribution is 5.78. The molecule has 1 aromatic carbocycles. The van der Waals surface area contributed by atoms with Crippen molar-refractivity contribution in [3.05, 3.63) is 35.9 Å². The molecule has 8 atom stereocenters. The van der Waals surface area contributed by atoms with E-state index in [1.165, 1.54) is 13.5 Å². The van der Waals surface area contributed by atoms with Crippen LogP contribution in [0.25, 0.3) is 0 Å². The van der Waals surface area contributed by atoms with Gasteiger partial charge in [0.2, 0.25) is 12.1 Å². The van der Waals surface area contributed by atoms with Gasteiger partial charge in [-0.25, -0.2) is 9.78 Å². The van der Waals surface area contributed by atoms with Crippen molar-refractivity contribution in [3.63, 3.8) is 0 Å². The highest BCUT2D eigenvalue weighted by Crippen LogP contribution is 2.53. The predicted octanol–water partition coefficient (Wildman–Crippen LogP) is 4.74. The number of oxime groups is 1. The molecule has 6 heteroatoms. The molecule has 6 nitrogen and oxygen atoms in total. The largest absolute Gasteiger partial charge is 0.363 e. The monoisotopic (exact) mass is 403 g/mol. The topological polar surface area (TPSA) is 58.5 Å². The lowest BCUT2D eigenvalue weighted by Crippen LogP contribution is -2.54. The normalized spacial score (nSPS) is 42.3. The first-order valence-electron chi connectivity index (χ1n) is 10.8. The molecule has 1 saturated carbocycles. The standard InChI is InChI=1S/C23H33NO5/c1-15-10-11-19-16(2)21(28-24-14-17-8-6-5-7-9-17)26-22-20(19)18(15)12-13-23(3,27-22)29-25-4/h5-9,14-16,18-22H,10-13H2,1-4H3/t15-,16-,18?,19?,20?,21?,22?,23?/m1/s1. The van der Waals surface area contributed by atoms with Crippen LogP contribution in [-0.2, 0) is 24.1 Å². The van der Waals surface area contributed by atoms with E-state index < -0.39 is 12.1 Å². The molecule has 2 aliphatic heterocycles. The third-order valence-electron chi connectivity index (χ3n) is 7.09. The van der Waals surface area contributed by atoms with E-state index in [0.717, 1.165) is 24.8 Å². The van der Waals surface area contributed by atoms with Crippen LogP contribution in [0.3, 0.4) is 0 Å². The molecule has 29 heavy (non-hydrogen) atoms. The van der Waals surface area contributed by atoms with Crippen LogP contribution in [0.15, 0.2) is 35.5 Å². The van der Waals surface area contributed by atoms with Crippen molar-refractivity contribution < 1.29 is 24.1 Å². The minimum Gasteiger partial charge on any atom is -0.363 e. The molecule has 4 rings (SSSR count). The average Bonchev–Trinajstić information content (AvgIpc) is 2.85. The van der Waals surface area contributed by atoms with E-state index in [1.807, 2.05) is 37.3 Å². The fourth-order valence-corrected chi connectivity index (χ4v) is 5.49. The molecule has 6 unspecified atom stereocenters. The minimum absolute atomic E-state index is 0.246. The molecule has 0 spiro atoms. The fourth-order valence-electron chi connectivity index (χ4n) is 5.49. The van der Waals surface area contributed by atoms with Gasteiger partial charge < -0.3 is 14.3 Å². The zero-order valence-electron chi connectivity index (χ0n) is 17.8. The Balaban J connectivity index is 1.53. The number of nitrogens with zero attached hydrogens (tertiary/aromatic N) is 1. The van der Waals surface area contributed by atoms with Gasteiger partial charge in [0.05, 0.1) is 13.3 Å². The molecule has 1 aromatic rings. The zero-order chi connectivity index (χ0) is 20.4. The molecular formula is C23H33NO5. The summed E-state index contributed by atoms with van der Waals surface area (Å²) in [5.41, 5.74) is 0.993. The van der Waals surface area contributed by atoms with Crippen LogP contribution >= 0.6 is 0 Å². The van der Waals surface area contributed by atoms with E-state index in [-0.39, 0.29) is 12.2 Å². The van der Waals surface area contributed by atoms with Crippen LogP contribution in [0.1, 0.15) is 52.0 Å². The quantitative estimate of drug-likeness (QED) is 0.404. The second-order valence-electron chi connectivity index (χ2n) is 8.98. The fraction of sp³-hybridized carbons (Fsp3) is 0.696. The Kier molecular flexibility index (Phi) is 6.25. The Morgan fingerprint density at radius 3 is 2.66 bits per heavy atom. The summed E-state index contributed by atoms with van der Waals surface area (Å²) in [6.45, 7) is 6.50. The number of hydrogen-bond acceptors (Lipinski definition) is 6. The summed E-state index contributed by atoms with van der Waals surface area (Å²) in [4.78, 5) is 16.3. The molecule has 0 aromatic heterocycles. The van der Waals surface area contributed by atoms with Gasteiger partial charge in [0, 0.05) is 18.3 Å². The van der Waals surface area contributed by atoms with Gasteiger partial charge in [0.25, 0.3) is 0 Å². The van der Waals surface area contributed by atoms with Crippen molar-refractivity contribution >= 4 is 6.21 Å². The van der Waals surface area contributed by atoms with Gasteiger partial charge in [0.1, 0.15) is 0 Å². The van der Waals surface area contributed by atoms with E-state index in [2.05, 4.69) is 19.0 Å². The minimum atomic E-state index is -0.820. The third-order valence-corrected chi connectivity index (χ3v) is 7.09. The van der Waals surface area contributed by atoms with Gasteiger partial charge in [-0.15, -0.1) is 0 Å². The van der Waals surface area contributed by atoms with Crippen molar-refractivity contribution in [1.82, 2.24) is 0 Å². The van der Waals surface area contributed by atoms with Crippen LogP contribution in [0.4, 0.5) is 0 Å². The van der Waals surface area contributed by atoms with Gasteiger partial charge in [-0.2, -0.15) is 0 Å². The Morgan fingerprint density at radius 2 is 1.90 bits per heavy atom. The maximum atomic E-state index is 6.37. The average molecular weight is 404 g/mol. The number of hydrogen-bond donors (Lipinski definition) is 0. The van der Waals surface area contributed by atoms with Crippen molar-refractivity contribution in [2.24, 2.45) is 34.7 Å². The van der Waals surface area contributed by atoms with Gasteiger partial charge in [-0.05, 0) is 43.1 Å². The third kappa shape index (κ3) is 4.36. The van der Waals surface area contributed by atoms with E-state index in [0.29, 0.717) is 23.7 Å². The molecule has 1 aliphatic carbocycles. The highest BCUT2D eigenvalue weighted by atomic mass is 17.2. The van der Waals surface area contributed by atoms with Crippen molar-refractivity contribution in [1.29, 1.82) is 0 Å². The molecule has 0 N–H and O–H groups in total. The van der Waals surface area contributed by atoms with Gasteiger partial charge in [-0.1, -0.05) is 55.8 Å². The highest BCUT2D eigenvalue weighted by Gasteiger charge is 2.55. The Labute approximate surface area is 173 Å². The molecule has 2 heterocycles. The Hall–Kier alpha value is -1.47. The van der Waals surface area contributed by atoms with Gasteiger partial charge in [0.15, 0.2) is 6.29 Å². The zero-order valence-corrected chi connectivity index (χ0v) is 17.8. The molecular weight excluding hydrogens is 370 g/mol. The molecule has 160 valence electrons. The predicted molar refractivity (Wildman–Crippen MR) is 109 cm³/mol. The molecule has 2 saturated heterocycles. The van der Waals surface area contributed by atoms with Crippen molar-refractivity contribution in [2.75, 3.05) is 7.11 Å². The summed E-state index contributed by atoms with van der Waals surface area (Å²) in [7, 11) is 1.52. The van der Waals surface area contributed by atoms with Crippen LogP contribution in [0.5, 0.6) is 0 Å². The molecule has 3 aliphatic rings. The first-order valence-corrected chi connectivity index (χ1v) is 10.8. The summed E-state index contributed by atoms with van der Waals surface area (Å²) < 4.78 is 12.7. The van der Waals surface area contributed by atoms with Crippen molar-refractivity contribution in [3.8, 4) is 0 Å². The summed E-state index contributed by atoms with van der Waals surface area (Å²) in [6, 6.07) is 9.91. The lowest BCUT2D eigenvalue weighted by atomic mass is 9.61. The Morgan fingerprint density at radius 1 is 1.10 bits per heavy atom. The number of benzene rings is 1. The molecule has 0 radical (unpaired) electrons.